The van der Waals surface area contributed by atoms with E-state index in [9.17, 15) is 4.79 Å². The van der Waals surface area contributed by atoms with Crippen LogP contribution in [-0.4, -0.2) is 20.2 Å². The largest absolute Gasteiger partial charge is 0.413 e. The van der Waals surface area contributed by atoms with E-state index in [2.05, 4.69) is 47.7 Å². The molecule has 0 radical (unpaired) electrons. The molecule has 2 bridgehead atoms. The third-order valence-electron chi connectivity index (χ3n) is 7.36. The molecule has 2 saturated carbocycles. The smallest absolute Gasteiger partial charge is 0.192 e. The van der Waals surface area contributed by atoms with Crippen molar-refractivity contribution in [3.8, 4) is 0 Å². The van der Waals surface area contributed by atoms with Gasteiger partial charge in [0.25, 0.3) is 0 Å². The summed E-state index contributed by atoms with van der Waals surface area (Å²) in [6.45, 7) is 16.2. The number of fused-ring (bicyclic) bond motifs is 1. The monoisotopic (exact) mass is 360 g/mol. The molecule has 2 fully saturated rings. The molecule has 25 heavy (non-hydrogen) atoms. The summed E-state index contributed by atoms with van der Waals surface area (Å²) in [5.41, 5.74) is 4.37. The minimum absolute atomic E-state index is 0.228. The van der Waals surface area contributed by atoms with Gasteiger partial charge in [0.2, 0.25) is 0 Å². The molecule has 3 aliphatic carbocycles. The van der Waals surface area contributed by atoms with Crippen molar-refractivity contribution in [3.63, 3.8) is 0 Å². The first kappa shape index (κ1) is 19.1. The molecule has 140 valence electrons. The van der Waals surface area contributed by atoms with Gasteiger partial charge in [-0.2, -0.15) is 0 Å². The van der Waals surface area contributed by atoms with Crippen LogP contribution in [0.1, 0.15) is 66.7 Å². The minimum Gasteiger partial charge on any atom is -0.413 e. The predicted molar refractivity (Wildman–Crippen MR) is 107 cm³/mol. The van der Waals surface area contributed by atoms with Gasteiger partial charge < -0.3 is 4.43 Å². The average Bonchev–Trinajstić information content (AvgIpc) is 2.57. The molecule has 0 heterocycles. The Morgan fingerprint density at radius 2 is 1.80 bits per heavy atom. The summed E-state index contributed by atoms with van der Waals surface area (Å²) in [4.78, 5) is 12.4. The zero-order chi connectivity index (χ0) is 18.6. The number of rotatable bonds is 2. The summed E-state index contributed by atoms with van der Waals surface area (Å²) in [5, 5.41) is 0.228. The average molecular weight is 361 g/mol. The lowest BCUT2D eigenvalue weighted by Gasteiger charge is -2.48. The van der Waals surface area contributed by atoms with Crippen molar-refractivity contribution in [1.82, 2.24) is 0 Å². The number of allylic oxidation sites excluding steroid dienone is 3. The molecule has 0 aromatic carbocycles. The Bertz CT molecular complexity index is 616. The third-order valence-corrected chi connectivity index (χ3v) is 11.8. The molecule has 4 atom stereocenters. The Hall–Kier alpha value is -0.673. The van der Waals surface area contributed by atoms with Crippen LogP contribution in [0.25, 0.3) is 0 Å². The highest BCUT2D eigenvalue weighted by molar-refractivity contribution is 6.74. The van der Waals surface area contributed by atoms with E-state index in [0.717, 1.165) is 12.8 Å². The number of ketones is 1. The lowest BCUT2D eigenvalue weighted by molar-refractivity contribution is -0.116. The van der Waals surface area contributed by atoms with E-state index in [0.29, 0.717) is 36.1 Å². The fourth-order valence-corrected chi connectivity index (χ4v) is 6.31. The van der Waals surface area contributed by atoms with Gasteiger partial charge in [-0.3, -0.25) is 4.79 Å². The molecule has 3 rings (SSSR count). The second-order valence-electron chi connectivity index (χ2n) is 10.2. The highest BCUT2D eigenvalue weighted by Crippen LogP contribution is 2.53. The van der Waals surface area contributed by atoms with E-state index in [4.69, 9.17) is 4.43 Å². The van der Waals surface area contributed by atoms with Crippen molar-refractivity contribution in [3.05, 3.63) is 22.8 Å². The van der Waals surface area contributed by atoms with Gasteiger partial charge in [-0.1, -0.05) is 37.5 Å². The molecule has 0 spiro atoms. The summed E-state index contributed by atoms with van der Waals surface area (Å²) in [6.07, 6.45) is 7.67. The van der Waals surface area contributed by atoms with Crippen LogP contribution in [-0.2, 0) is 9.22 Å². The molecule has 0 amide bonds. The second-order valence-corrected chi connectivity index (χ2v) is 15.0. The van der Waals surface area contributed by atoms with E-state index < -0.39 is 8.32 Å². The lowest BCUT2D eigenvalue weighted by Crippen LogP contribution is -2.51. The van der Waals surface area contributed by atoms with Gasteiger partial charge in [-0.05, 0) is 75.6 Å². The van der Waals surface area contributed by atoms with Crippen LogP contribution in [0.4, 0.5) is 0 Å². The number of hydrogen-bond acceptors (Lipinski definition) is 2. The Balaban J connectivity index is 2.04. The van der Waals surface area contributed by atoms with Gasteiger partial charge in [-0.25, -0.2) is 0 Å². The first-order chi connectivity index (χ1) is 11.5. The predicted octanol–water partition coefficient (Wildman–Crippen LogP) is 6.05. The molecular weight excluding hydrogens is 324 g/mol. The maximum absolute atomic E-state index is 12.4. The molecule has 0 aromatic heterocycles. The standard InChI is InChI=1S/C22H36O2Si/c1-14(2)18-11-10-15-8-9-16-12-17(23)13-19(18)20(16)21(15)24-25(6,7)22(3,4)5/h12,15,19-21H,8-11,13H2,1-7H3. The molecule has 0 saturated heterocycles. The number of carbonyl (C=O) groups excluding carboxylic acids is 1. The second kappa shape index (κ2) is 6.49. The van der Waals surface area contributed by atoms with E-state index in [1.165, 1.54) is 24.0 Å². The van der Waals surface area contributed by atoms with Crippen LogP contribution < -0.4 is 0 Å². The maximum atomic E-state index is 12.4. The van der Waals surface area contributed by atoms with Gasteiger partial charge in [-0.15, -0.1) is 0 Å². The molecule has 0 aromatic rings. The Morgan fingerprint density at radius 1 is 1.16 bits per heavy atom. The summed E-state index contributed by atoms with van der Waals surface area (Å²) in [5.74, 6) is 1.82. The van der Waals surface area contributed by atoms with E-state index >= 15 is 0 Å². The van der Waals surface area contributed by atoms with Gasteiger partial charge in [0.1, 0.15) is 0 Å². The van der Waals surface area contributed by atoms with Crippen LogP contribution in [0.2, 0.25) is 18.1 Å². The van der Waals surface area contributed by atoms with Crippen molar-refractivity contribution < 1.29 is 9.22 Å². The van der Waals surface area contributed by atoms with Crippen LogP contribution >= 0.6 is 0 Å². The quantitative estimate of drug-likeness (QED) is 0.442. The topological polar surface area (TPSA) is 26.3 Å². The summed E-state index contributed by atoms with van der Waals surface area (Å²) < 4.78 is 7.05. The Kier molecular flexibility index (Phi) is 4.96. The molecule has 0 N–H and O–H groups in total. The zero-order valence-corrected chi connectivity index (χ0v) is 18.2. The van der Waals surface area contributed by atoms with Crippen LogP contribution in [0.5, 0.6) is 0 Å². The molecule has 3 heteroatoms. The van der Waals surface area contributed by atoms with Gasteiger partial charge in [0, 0.05) is 12.3 Å². The highest BCUT2D eigenvalue weighted by atomic mass is 28.4. The first-order valence-corrected chi connectivity index (χ1v) is 13.0. The SMILES string of the molecule is CC(C)=C1CCC2CCC3=CC(=O)CC1C3C2O[Si](C)(C)C(C)(C)C. The van der Waals surface area contributed by atoms with Crippen LogP contribution in [0.15, 0.2) is 22.8 Å². The lowest BCUT2D eigenvalue weighted by atomic mass is 9.66. The minimum atomic E-state index is -1.82. The molecule has 2 nitrogen and oxygen atoms in total. The van der Waals surface area contributed by atoms with Crippen molar-refractivity contribution in [2.75, 3.05) is 0 Å². The van der Waals surface area contributed by atoms with E-state index in [1.807, 2.05) is 6.08 Å². The van der Waals surface area contributed by atoms with Gasteiger partial charge in [0.15, 0.2) is 14.1 Å². The highest BCUT2D eigenvalue weighted by Gasteiger charge is 2.50. The molecular formula is C22H36O2Si. The summed E-state index contributed by atoms with van der Waals surface area (Å²) in [6, 6.07) is 0. The summed E-state index contributed by atoms with van der Waals surface area (Å²) >= 11 is 0. The van der Waals surface area contributed by atoms with Gasteiger partial charge >= 0.3 is 0 Å². The van der Waals surface area contributed by atoms with Crippen LogP contribution in [0.3, 0.4) is 0 Å². The molecule has 0 aliphatic heterocycles. The van der Waals surface area contributed by atoms with Crippen molar-refractivity contribution >= 4 is 14.1 Å². The first-order valence-electron chi connectivity index (χ1n) is 10.1. The normalized spacial score (nSPS) is 33.0. The molecule has 4 unspecified atom stereocenters. The van der Waals surface area contributed by atoms with Crippen molar-refractivity contribution in [1.29, 1.82) is 0 Å². The Labute approximate surface area is 155 Å². The number of hydrogen-bond donors (Lipinski definition) is 0. The fourth-order valence-electron chi connectivity index (χ4n) is 4.93. The molecule has 3 aliphatic rings. The van der Waals surface area contributed by atoms with E-state index in [-0.39, 0.29) is 5.04 Å². The van der Waals surface area contributed by atoms with Crippen molar-refractivity contribution in [2.45, 2.75) is 91.0 Å². The summed E-state index contributed by atoms with van der Waals surface area (Å²) in [7, 11) is -1.82. The van der Waals surface area contributed by atoms with E-state index in [1.54, 1.807) is 5.57 Å². The van der Waals surface area contributed by atoms with Gasteiger partial charge in [0.05, 0.1) is 6.10 Å². The number of carbonyl (C=O) groups is 1. The van der Waals surface area contributed by atoms with Crippen LogP contribution in [0, 0.1) is 17.8 Å². The zero-order valence-electron chi connectivity index (χ0n) is 17.2. The maximum Gasteiger partial charge on any atom is 0.192 e. The Morgan fingerprint density at radius 3 is 2.40 bits per heavy atom. The van der Waals surface area contributed by atoms with Crippen molar-refractivity contribution in [2.24, 2.45) is 17.8 Å². The fraction of sp³-hybridized carbons (Fsp3) is 0.773. The third kappa shape index (κ3) is 3.47.